The fraction of sp³-hybridized carbons (Fsp3) is 0.400. The molecule has 0 saturated heterocycles. The predicted molar refractivity (Wildman–Crippen MR) is 63.8 cm³/mol. The molecule has 0 radical (unpaired) electrons. The van der Waals surface area contributed by atoms with Gasteiger partial charge in [-0.15, -0.1) is 5.54 Å². The third-order valence-corrected chi connectivity index (χ3v) is 2.49. The van der Waals surface area contributed by atoms with Gasteiger partial charge < -0.3 is 4.74 Å². The number of methoxy groups -OCH3 is 1. The maximum atomic E-state index is 5.72. The van der Waals surface area contributed by atoms with Crippen molar-refractivity contribution < 1.29 is 4.74 Å². The van der Waals surface area contributed by atoms with Crippen molar-refractivity contribution in [2.45, 2.75) is 19.6 Å². The Morgan fingerprint density at radius 3 is 2.53 bits per heavy atom. The summed E-state index contributed by atoms with van der Waals surface area (Å²) in [5.74, 6) is 3.44. The van der Waals surface area contributed by atoms with Gasteiger partial charge in [-0.1, -0.05) is 25.6 Å². The van der Waals surface area contributed by atoms with Crippen LogP contribution in [0, 0.1) is 11.5 Å². The zero-order chi connectivity index (χ0) is 11.5. The minimum atomic E-state index is -1.39. The number of hydrogen-bond acceptors (Lipinski definition) is 3. The van der Waals surface area contributed by atoms with Crippen LogP contribution in [0.15, 0.2) is 6.07 Å². The van der Waals surface area contributed by atoms with Gasteiger partial charge >= 0.3 is 0 Å². The van der Waals surface area contributed by atoms with Crippen LogP contribution in [0.2, 0.25) is 24.9 Å². The van der Waals surface area contributed by atoms with Gasteiger partial charge in [-0.2, -0.15) is 4.98 Å². The van der Waals surface area contributed by atoms with Crippen LogP contribution in [0.3, 0.4) is 0 Å². The van der Waals surface area contributed by atoms with E-state index in [0.717, 1.165) is 0 Å². The van der Waals surface area contributed by atoms with Crippen LogP contribution in [-0.4, -0.2) is 25.2 Å². The van der Waals surface area contributed by atoms with Gasteiger partial charge in [-0.3, -0.25) is 0 Å². The van der Waals surface area contributed by atoms with E-state index in [-0.39, 0.29) is 5.28 Å². The predicted octanol–water partition coefficient (Wildman–Crippen LogP) is 2.37. The summed E-state index contributed by atoms with van der Waals surface area (Å²) >= 11 is 5.72. The second-order valence-corrected chi connectivity index (χ2v) is 9.15. The molecule has 0 aliphatic rings. The van der Waals surface area contributed by atoms with Crippen molar-refractivity contribution >= 4 is 19.7 Å². The highest BCUT2D eigenvalue weighted by Crippen LogP contribution is 2.11. The average molecular weight is 241 g/mol. The van der Waals surface area contributed by atoms with Gasteiger partial charge in [0.1, 0.15) is 13.8 Å². The number of hydrogen-bond donors (Lipinski definition) is 0. The lowest BCUT2D eigenvalue weighted by molar-refractivity contribution is 0.396. The third kappa shape index (κ3) is 4.32. The number of rotatable bonds is 1. The Labute approximate surface area is 95.9 Å². The van der Waals surface area contributed by atoms with Crippen LogP contribution in [0.1, 0.15) is 5.69 Å². The van der Waals surface area contributed by atoms with E-state index < -0.39 is 8.07 Å². The Bertz CT molecular complexity index is 418. The SMILES string of the molecule is COc1cc(C#C[Si](C)(C)C)nc(Cl)n1. The van der Waals surface area contributed by atoms with E-state index >= 15 is 0 Å². The lowest BCUT2D eigenvalue weighted by Crippen LogP contribution is -2.16. The van der Waals surface area contributed by atoms with Crippen molar-refractivity contribution in [1.29, 1.82) is 0 Å². The van der Waals surface area contributed by atoms with E-state index in [1.165, 1.54) is 7.11 Å². The molecule has 0 saturated carbocycles. The maximum Gasteiger partial charge on any atom is 0.226 e. The first-order valence-corrected chi connectivity index (χ1v) is 8.40. The molecule has 1 rings (SSSR count). The van der Waals surface area contributed by atoms with Gasteiger partial charge in [-0.05, 0) is 11.6 Å². The highest BCUT2D eigenvalue weighted by Gasteiger charge is 2.08. The molecule has 0 aliphatic heterocycles. The Hall–Kier alpha value is -1.05. The maximum absolute atomic E-state index is 5.72. The minimum Gasteiger partial charge on any atom is -0.481 e. The molecule has 0 unspecified atom stereocenters. The summed E-state index contributed by atoms with van der Waals surface area (Å²) in [6.07, 6.45) is 0. The number of halogens is 1. The second kappa shape index (κ2) is 4.64. The first-order chi connectivity index (χ1) is 6.90. The van der Waals surface area contributed by atoms with Crippen molar-refractivity contribution in [1.82, 2.24) is 9.97 Å². The molecule has 3 nitrogen and oxygen atoms in total. The standard InChI is InChI=1S/C10H13ClN2OSi/c1-14-9-7-8(12-10(11)13-9)5-6-15(2,3)4/h7H,1-4H3. The van der Waals surface area contributed by atoms with Crippen LogP contribution in [0.5, 0.6) is 5.88 Å². The van der Waals surface area contributed by atoms with E-state index in [9.17, 15) is 0 Å². The fourth-order valence-corrected chi connectivity index (χ4v) is 1.49. The molecule has 1 heterocycles. The Morgan fingerprint density at radius 1 is 1.33 bits per heavy atom. The van der Waals surface area contributed by atoms with Crippen LogP contribution in [0.25, 0.3) is 0 Å². The second-order valence-electron chi connectivity index (χ2n) is 4.06. The van der Waals surface area contributed by atoms with Gasteiger partial charge in [0.2, 0.25) is 11.2 Å². The van der Waals surface area contributed by atoms with Crippen LogP contribution >= 0.6 is 11.6 Å². The van der Waals surface area contributed by atoms with Crippen molar-refractivity contribution in [2.75, 3.05) is 7.11 Å². The molecular weight excluding hydrogens is 228 g/mol. The van der Waals surface area contributed by atoms with Gasteiger partial charge in [0.05, 0.1) is 7.11 Å². The molecule has 80 valence electrons. The van der Waals surface area contributed by atoms with Gasteiger partial charge in [0.15, 0.2) is 0 Å². The molecule has 0 N–H and O–H groups in total. The zero-order valence-electron chi connectivity index (χ0n) is 9.26. The lowest BCUT2D eigenvalue weighted by Gasteiger charge is -2.03. The average Bonchev–Trinajstić information content (AvgIpc) is 2.13. The van der Waals surface area contributed by atoms with Crippen LogP contribution in [0.4, 0.5) is 0 Å². The largest absolute Gasteiger partial charge is 0.481 e. The van der Waals surface area contributed by atoms with E-state index in [4.69, 9.17) is 16.3 Å². The van der Waals surface area contributed by atoms with Gasteiger partial charge in [0, 0.05) is 6.07 Å². The molecule has 0 bridgehead atoms. The quantitative estimate of drug-likeness (QED) is 0.430. The van der Waals surface area contributed by atoms with Crippen LogP contribution < -0.4 is 4.74 Å². The van der Waals surface area contributed by atoms with Gasteiger partial charge in [0.25, 0.3) is 0 Å². The summed E-state index contributed by atoms with van der Waals surface area (Å²) in [4.78, 5) is 7.88. The third-order valence-electron chi connectivity index (χ3n) is 1.45. The monoisotopic (exact) mass is 240 g/mol. The molecular formula is C10H13ClN2OSi. The lowest BCUT2D eigenvalue weighted by atomic mass is 10.4. The Morgan fingerprint density at radius 2 is 2.00 bits per heavy atom. The molecule has 1 aromatic heterocycles. The summed E-state index contributed by atoms with van der Waals surface area (Å²) in [7, 11) is 0.146. The van der Waals surface area contributed by atoms with E-state index in [0.29, 0.717) is 11.6 Å². The van der Waals surface area contributed by atoms with Gasteiger partial charge in [-0.25, -0.2) is 4.98 Å². The summed E-state index contributed by atoms with van der Waals surface area (Å²) in [6.45, 7) is 6.50. The fourth-order valence-electron chi connectivity index (χ4n) is 0.817. The number of aromatic nitrogens is 2. The molecule has 5 heteroatoms. The van der Waals surface area contributed by atoms with Crippen LogP contribution in [-0.2, 0) is 0 Å². The van der Waals surface area contributed by atoms with Crippen molar-refractivity contribution in [3.05, 3.63) is 17.0 Å². The smallest absolute Gasteiger partial charge is 0.226 e. The zero-order valence-corrected chi connectivity index (χ0v) is 11.0. The molecule has 0 aromatic carbocycles. The molecule has 0 spiro atoms. The normalized spacial score (nSPS) is 10.5. The Balaban J connectivity index is 3.04. The van der Waals surface area contributed by atoms with E-state index in [2.05, 4.69) is 41.1 Å². The summed E-state index contributed by atoms with van der Waals surface area (Å²) in [6, 6.07) is 1.68. The summed E-state index contributed by atoms with van der Waals surface area (Å²) in [5.41, 5.74) is 3.81. The molecule has 0 aliphatic carbocycles. The topological polar surface area (TPSA) is 35.0 Å². The molecule has 0 atom stereocenters. The highest BCUT2D eigenvalue weighted by molar-refractivity contribution is 6.83. The molecule has 0 amide bonds. The van der Waals surface area contributed by atoms with E-state index in [1.807, 2.05) is 0 Å². The van der Waals surface area contributed by atoms with E-state index in [1.54, 1.807) is 6.07 Å². The highest BCUT2D eigenvalue weighted by atomic mass is 35.5. The Kier molecular flexibility index (Phi) is 3.72. The first-order valence-electron chi connectivity index (χ1n) is 4.52. The molecule has 1 aromatic rings. The van der Waals surface area contributed by atoms with Crippen molar-refractivity contribution in [3.8, 4) is 17.3 Å². The first kappa shape index (κ1) is 12.0. The summed E-state index contributed by atoms with van der Waals surface area (Å²) < 4.78 is 4.98. The number of ether oxygens (including phenoxy) is 1. The minimum absolute atomic E-state index is 0.161. The number of nitrogens with zero attached hydrogens (tertiary/aromatic N) is 2. The summed E-state index contributed by atoms with van der Waals surface area (Å²) in [5, 5.41) is 0.161. The molecule has 15 heavy (non-hydrogen) atoms. The van der Waals surface area contributed by atoms with Crippen molar-refractivity contribution in [3.63, 3.8) is 0 Å². The van der Waals surface area contributed by atoms with Crippen molar-refractivity contribution in [2.24, 2.45) is 0 Å². The molecule has 0 fully saturated rings.